The predicted molar refractivity (Wildman–Crippen MR) is 52.4 cm³/mol. The maximum Gasteiger partial charge on any atom is 0.126 e. The molecule has 2 N–H and O–H groups in total. The zero-order chi connectivity index (χ0) is 9.59. The molecule has 0 radical (unpaired) electrons. The second-order valence-corrected chi connectivity index (χ2v) is 4.20. The number of nitrogens with zero attached hydrogens (tertiary/aromatic N) is 2. The Labute approximate surface area is 79.0 Å². The van der Waals surface area contributed by atoms with Gasteiger partial charge in [0, 0.05) is 12.2 Å². The second kappa shape index (κ2) is 2.84. The molecule has 0 fully saturated rings. The van der Waals surface area contributed by atoms with Gasteiger partial charge in [0.25, 0.3) is 0 Å². The first-order valence-corrected chi connectivity index (χ1v) is 4.88. The molecular formula is C10H17N3. The molecule has 0 aliphatic carbocycles. The molecule has 2 unspecified atom stereocenters. The van der Waals surface area contributed by atoms with Crippen molar-refractivity contribution in [3.63, 3.8) is 0 Å². The summed E-state index contributed by atoms with van der Waals surface area (Å²) < 4.78 is 2.27. The van der Waals surface area contributed by atoms with Crippen molar-refractivity contribution in [3.05, 3.63) is 17.2 Å². The highest BCUT2D eigenvalue weighted by Gasteiger charge is 2.25. The van der Waals surface area contributed by atoms with E-state index in [1.54, 1.807) is 0 Å². The van der Waals surface area contributed by atoms with Crippen LogP contribution in [-0.2, 0) is 6.54 Å². The summed E-state index contributed by atoms with van der Waals surface area (Å²) in [6.45, 7) is 7.50. The van der Waals surface area contributed by atoms with Crippen LogP contribution in [0.25, 0.3) is 0 Å². The number of aromatic nitrogens is 2. The van der Waals surface area contributed by atoms with Gasteiger partial charge < -0.3 is 10.3 Å². The summed E-state index contributed by atoms with van der Waals surface area (Å²) in [6, 6.07) is 0.135. The third-order valence-electron chi connectivity index (χ3n) is 2.97. The van der Waals surface area contributed by atoms with Gasteiger partial charge >= 0.3 is 0 Å². The third kappa shape index (κ3) is 1.27. The van der Waals surface area contributed by atoms with E-state index in [9.17, 15) is 0 Å². The molecule has 2 heterocycles. The fourth-order valence-electron chi connectivity index (χ4n) is 2.12. The number of aryl methyl sites for hydroxylation is 1. The van der Waals surface area contributed by atoms with Gasteiger partial charge in [-0.05, 0) is 26.2 Å². The van der Waals surface area contributed by atoms with Gasteiger partial charge in [-0.1, -0.05) is 6.92 Å². The van der Waals surface area contributed by atoms with Crippen LogP contribution in [-0.4, -0.2) is 9.55 Å². The van der Waals surface area contributed by atoms with Crippen molar-refractivity contribution in [2.45, 2.75) is 39.8 Å². The minimum Gasteiger partial charge on any atom is -0.330 e. The molecule has 13 heavy (non-hydrogen) atoms. The molecule has 0 aromatic carbocycles. The molecule has 3 heteroatoms. The highest BCUT2D eigenvalue weighted by atomic mass is 15.1. The van der Waals surface area contributed by atoms with E-state index in [1.165, 1.54) is 5.69 Å². The molecular weight excluding hydrogens is 162 g/mol. The normalized spacial score (nSPS) is 27.4. The smallest absolute Gasteiger partial charge is 0.126 e. The number of rotatable bonds is 0. The van der Waals surface area contributed by atoms with E-state index in [1.807, 2.05) is 0 Å². The summed E-state index contributed by atoms with van der Waals surface area (Å²) in [6.07, 6.45) is 1.07. The van der Waals surface area contributed by atoms with Gasteiger partial charge in [0.1, 0.15) is 5.82 Å². The SMILES string of the molecule is Cc1nc2n(c1C)CC(C)CC2N. The Morgan fingerprint density at radius 1 is 1.46 bits per heavy atom. The van der Waals surface area contributed by atoms with Crippen LogP contribution in [0.3, 0.4) is 0 Å². The molecule has 1 aliphatic heterocycles. The summed E-state index contributed by atoms with van der Waals surface area (Å²) in [5.74, 6) is 1.75. The standard InChI is InChI=1S/C10H17N3/c1-6-4-9(11)10-12-7(2)8(3)13(10)5-6/h6,9H,4-5,11H2,1-3H3. The predicted octanol–water partition coefficient (Wildman–Crippen LogP) is 1.54. The molecule has 1 aromatic rings. The van der Waals surface area contributed by atoms with Gasteiger partial charge in [-0.15, -0.1) is 0 Å². The maximum absolute atomic E-state index is 6.04. The molecule has 0 amide bonds. The van der Waals surface area contributed by atoms with Gasteiger partial charge in [-0.25, -0.2) is 4.98 Å². The van der Waals surface area contributed by atoms with Crippen molar-refractivity contribution in [3.8, 4) is 0 Å². The molecule has 0 bridgehead atoms. The summed E-state index contributed by atoms with van der Waals surface area (Å²) in [5, 5.41) is 0. The van der Waals surface area contributed by atoms with Gasteiger partial charge in [0.05, 0.1) is 11.7 Å². The van der Waals surface area contributed by atoms with Crippen molar-refractivity contribution in [1.82, 2.24) is 9.55 Å². The lowest BCUT2D eigenvalue weighted by Crippen LogP contribution is -2.27. The molecule has 0 saturated carbocycles. The lowest BCUT2D eigenvalue weighted by Gasteiger charge is -2.26. The molecule has 3 nitrogen and oxygen atoms in total. The van der Waals surface area contributed by atoms with E-state index in [-0.39, 0.29) is 6.04 Å². The van der Waals surface area contributed by atoms with Crippen molar-refractivity contribution in [2.75, 3.05) is 0 Å². The molecule has 2 atom stereocenters. The van der Waals surface area contributed by atoms with Gasteiger partial charge in [-0.3, -0.25) is 0 Å². The number of imidazole rings is 1. The first kappa shape index (κ1) is 8.75. The Balaban J connectivity index is 2.49. The highest BCUT2D eigenvalue weighted by molar-refractivity contribution is 5.17. The zero-order valence-corrected chi connectivity index (χ0v) is 8.54. The molecule has 0 spiro atoms. The van der Waals surface area contributed by atoms with E-state index in [4.69, 9.17) is 5.73 Å². The largest absolute Gasteiger partial charge is 0.330 e. The molecule has 2 rings (SSSR count). The van der Waals surface area contributed by atoms with E-state index >= 15 is 0 Å². The molecule has 0 saturated heterocycles. The third-order valence-corrected chi connectivity index (χ3v) is 2.97. The minimum absolute atomic E-state index is 0.135. The minimum atomic E-state index is 0.135. The summed E-state index contributed by atoms with van der Waals surface area (Å²) in [7, 11) is 0. The first-order valence-electron chi connectivity index (χ1n) is 4.88. The number of hydrogen-bond donors (Lipinski definition) is 1. The Kier molecular flexibility index (Phi) is 1.91. The van der Waals surface area contributed by atoms with Crippen LogP contribution >= 0.6 is 0 Å². The van der Waals surface area contributed by atoms with Crippen LogP contribution in [0.1, 0.15) is 36.6 Å². The summed E-state index contributed by atoms with van der Waals surface area (Å²) in [4.78, 5) is 4.50. The molecule has 72 valence electrons. The monoisotopic (exact) mass is 179 g/mol. The fraction of sp³-hybridized carbons (Fsp3) is 0.700. The van der Waals surface area contributed by atoms with E-state index in [0.29, 0.717) is 5.92 Å². The van der Waals surface area contributed by atoms with Crippen molar-refractivity contribution in [1.29, 1.82) is 0 Å². The van der Waals surface area contributed by atoms with Crippen LogP contribution < -0.4 is 5.73 Å². The van der Waals surface area contributed by atoms with Crippen LogP contribution in [0.2, 0.25) is 0 Å². The first-order chi connectivity index (χ1) is 6.09. The maximum atomic E-state index is 6.04. The quantitative estimate of drug-likeness (QED) is 0.656. The van der Waals surface area contributed by atoms with E-state index in [2.05, 4.69) is 30.3 Å². The van der Waals surface area contributed by atoms with Crippen LogP contribution in [0.4, 0.5) is 0 Å². The van der Waals surface area contributed by atoms with Crippen molar-refractivity contribution >= 4 is 0 Å². The van der Waals surface area contributed by atoms with Crippen LogP contribution in [0.15, 0.2) is 0 Å². The van der Waals surface area contributed by atoms with E-state index < -0.39 is 0 Å². The van der Waals surface area contributed by atoms with Crippen LogP contribution in [0, 0.1) is 19.8 Å². The Morgan fingerprint density at radius 2 is 2.15 bits per heavy atom. The lowest BCUT2D eigenvalue weighted by molar-refractivity contribution is 0.343. The van der Waals surface area contributed by atoms with Crippen molar-refractivity contribution < 1.29 is 0 Å². The molecule has 1 aliphatic rings. The highest BCUT2D eigenvalue weighted by Crippen LogP contribution is 2.28. The summed E-state index contributed by atoms with van der Waals surface area (Å²) >= 11 is 0. The summed E-state index contributed by atoms with van der Waals surface area (Å²) in [5.41, 5.74) is 8.44. The lowest BCUT2D eigenvalue weighted by atomic mass is 9.98. The average Bonchev–Trinajstić information content (AvgIpc) is 2.32. The fourth-order valence-corrected chi connectivity index (χ4v) is 2.12. The Bertz CT molecular complexity index is 327. The number of fused-ring (bicyclic) bond motifs is 1. The Hall–Kier alpha value is -0.830. The van der Waals surface area contributed by atoms with Gasteiger partial charge in [0.2, 0.25) is 0 Å². The topological polar surface area (TPSA) is 43.8 Å². The van der Waals surface area contributed by atoms with Crippen molar-refractivity contribution in [2.24, 2.45) is 11.7 Å². The number of hydrogen-bond acceptors (Lipinski definition) is 2. The average molecular weight is 179 g/mol. The van der Waals surface area contributed by atoms with E-state index in [0.717, 1.165) is 24.5 Å². The zero-order valence-electron chi connectivity index (χ0n) is 8.54. The Morgan fingerprint density at radius 3 is 2.85 bits per heavy atom. The van der Waals surface area contributed by atoms with Gasteiger partial charge in [-0.2, -0.15) is 0 Å². The number of nitrogens with two attached hydrogens (primary N) is 1. The second-order valence-electron chi connectivity index (χ2n) is 4.20. The molecule has 1 aromatic heterocycles. The van der Waals surface area contributed by atoms with Crippen LogP contribution in [0.5, 0.6) is 0 Å². The van der Waals surface area contributed by atoms with Gasteiger partial charge in [0.15, 0.2) is 0 Å².